The second-order valence-electron chi connectivity index (χ2n) is 5.89. The zero-order valence-corrected chi connectivity index (χ0v) is 16.3. The molecule has 1 aromatic rings. The highest BCUT2D eigenvalue weighted by Gasteiger charge is 2.22. The van der Waals surface area contributed by atoms with E-state index in [0.717, 1.165) is 15.3 Å². The van der Waals surface area contributed by atoms with Crippen LogP contribution in [0.1, 0.15) is 6.92 Å². The zero-order valence-electron chi connectivity index (χ0n) is 13.9. The van der Waals surface area contributed by atoms with Crippen LogP contribution in [-0.4, -0.2) is 64.3 Å². The lowest BCUT2D eigenvalue weighted by Crippen LogP contribution is -2.40. The van der Waals surface area contributed by atoms with Crippen LogP contribution in [-0.2, 0) is 14.8 Å². The molecule has 0 heterocycles. The maximum atomic E-state index is 12.4. The van der Waals surface area contributed by atoms with Crippen LogP contribution >= 0.6 is 15.9 Å². The number of nitrogens with zero attached hydrogens (tertiary/aromatic N) is 2. The van der Waals surface area contributed by atoms with E-state index in [9.17, 15) is 13.2 Å². The molecule has 0 aliphatic heterocycles. The van der Waals surface area contributed by atoms with Crippen molar-refractivity contribution in [1.29, 1.82) is 0 Å². The molecule has 0 saturated carbocycles. The summed E-state index contributed by atoms with van der Waals surface area (Å²) in [5, 5.41) is 2.77. The van der Waals surface area contributed by atoms with E-state index in [4.69, 9.17) is 0 Å². The molecule has 1 N–H and O–H groups in total. The molecule has 1 amide bonds. The van der Waals surface area contributed by atoms with Crippen LogP contribution in [0.15, 0.2) is 33.6 Å². The SMILES string of the molecule is CC(CNC(=O)CN(C)S(=O)(=O)c1ccc(Br)cc1)CN(C)C. The summed E-state index contributed by atoms with van der Waals surface area (Å²) < 4.78 is 26.6. The first-order valence-electron chi connectivity index (χ1n) is 7.26. The molecule has 0 aromatic heterocycles. The molecule has 0 bridgehead atoms. The van der Waals surface area contributed by atoms with Gasteiger partial charge in [0.25, 0.3) is 0 Å². The third-order valence-corrected chi connectivity index (χ3v) is 5.56. The lowest BCUT2D eigenvalue weighted by atomic mass is 10.2. The van der Waals surface area contributed by atoms with Crippen LogP contribution in [0.3, 0.4) is 0 Å². The van der Waals surface area contributed by atoms with Crippen molar-refractivity contribution < 1.29 is 13.2 Å². The van der Waals surface area contributed by atoms with Gasteiger partial charge in [-0.1, -0.05) is 22.9 Å². The first-order chi connectivity index (χ1) is 10.6. The molecule has 0 saturated heterocycles. The Kier molecular flexibility index (Phi) is 7.66. The van der Waals surface area contributed by atoms with Crippen LogP contribution in [0, 0.1) is 5.92 Å². The van der Waals surface area contributed by atoms with E-state index >= 15 is 0 Å². The van der Waals surface area contributed by atoms with Crippen molar-refractivity contribution in [3.63, 3.8) is 0 Å². The Balaban J connectivity index is 2.59. The van der Waals surface area contributed by atoms with Crippen molar-refractivity contribution in [1.82, 2.24) is 14.5 Å². The summed E-state index contributed by atoms with van der Waals surface area (Å²) in [5.41, 5.74) is 0. The number of carbonyl (C=O) groups is 1. The highest BCUT2D eigenvalue weighted by Crippen LogP contribution is 2.17. The summed E-state index contributed by atoms with van der Waals surface area (Å²) >= 11 is 3.26. The van der Waals surface area contributed by atoms with Gasteiger partial charge in [0, 0.05) is 24.6 Å². The minimum Gasteiger partial charge on any atom is -0.355 e. The number of carbonyl (C=O) groups excluding carboxylic acids is 1. The Morgan fingerprint density at radius 1 is 1.22 bits per heavy atom. The normalized spacial score (nSPS) is 13.3. The summed E-state index contributed by atoms with van der Waals surface area (Å²) in [7, 11) is 1.68. The Morgan fingerprint density at radius 2 is 1.78 bits per heavy atom. The van der Waals surface area contributed by atoms with Gasteiger partial charge in [0.2, 0.25) is 15.9 Å². The van der Waals surface area contributed by atoms with Gasteiger partial charge in [-0.3, -0.25) is 4.79 Å². The number of benzene rings is 1. The van der Waals surface area contributed by atoms with E-state index in [1.165, 1.54) is 19.2 Å². The molecule has 8 heteroatoms. The summed E-state index contributed by atoms with van der Waals surface area (Å²) in [6, 6.07) is 6.33. The van der Waals surface area contributed by atoms with Crippen molar-refractivity contribution in [2.45, 2.75) is 11.8 Å². The Morgan fingerprint density at radius 3 is 2.30 bits per heavy atom. The predicted octanol–water partition coefficient (Wildman–Crippen LogP) is 1.38. The van der Waals surface area contributed by atoms with E-state index in [2.05, 4.69) is 21.2 Å². The van der Waals surface area contributed by atoms with Crippen LogP contribution in [0.5, 0.6) is 0 Å². The van der Waals surface area contributed by atoms with E-state index in [1.54, 1.807) is 12.1 Å². The third kappa shape index (κ3) is 6.58. The molecular weight excluding hydrogens is 382 g/mol. The molecule has 6 nitrogen and oxygen atoms in total. The van der Waals surface area contributed by atoms with Crippen LogP contribution in [0.4, 0.5) is 0 Å². The van der Waals surface area contributed by atoms with E-state index in [0.29, 0.717) is 12.5 Å². The van der Waals surface area contributed by atoms with Gasteiger partial charge in [0.05, 0.1) is 11.4 Å². The van der Waals surface area contributed by atoms with Gasteiger partial charge in [-0.05, 0) is 44.3 Å². The number of amides is 1. The number of likely N-dealkylation sites (N-methyl/N-ethyl adjacent to an activating group) is 1. The fourth-order valence-electron chi connectivity index (χ4n) is 2.11. The maximum absolute atomic E-state index is 12.4. The Hall–Kier alpha value is -0.960. The smallest absolute Gasteiger partial charge is 0.243 e. The van der Waals surface area contributed by atoms with Crippen LogP contribution < -0.4 is 5.32 Å². The van der Waals surface area contributed by atoms with E-state index < -0.39 is 10.0 Å². The van der Waals surface area contributed by atoms with Crippen LogP contribution in [0.25, 0.3) is 0 Å². The standard InChI is InChI=1S/C15H24BrN3O3S/c1-12(10-18(2)3)9-17-15(20)11-19(4)23(21,22)14-7-5-13(16)6-8-14/h5-8,12H,9-11H2,1-4H3,(H,17,20). The Labute approximate surface area is 147 Å². The van der Waals surface area contributed by atoms with E-state index in [-0.39, 0.29) is 17.3 Å². The molecule has 1 rings (SSSR count). The van der Waals surface area contributed by atoms with E-state index in [1.807, 2.05) is 25.9 Å². The third-order valence-electron chi connectivity index (χ3n) is 3.21. The van der Waals surface area contributed by atoms with Crippen molar-refractivity contribution in [2.75, 3.05) is 40.8 Å². The number of sulfonamides is 1. The summed E-state index contributed by atoms with van der Waals surface area (Å²) in [6.07, 6.45) is 0. The molecule has 0 fully saturated rings. The number of hydrogen-bond donors (Lipinski definition) is 1. The Bertz CT molecular complexity index is 617. The average Bonchev–Trinajstić information content (AvgIpc) is 2.44. The van der Waals surface area contributed by atoms with Gasteiger partial charge in [0.1, 0.15) is 0 Å². The first-order valence-corrected chi connectivity index (χ1v) is 9.49. The minimum absolute atomic E-state index is 0.164. The van der Waals surface area contributed by atoms with Gasteiger partial charge in [-0.25, -0.2) is 8.42 Å². The summed E-state index contributed by atoms with van der Waals surface area (Å²) in [5.74, 6) is -0.0128. The highest BCUT2D eigenvalue weighted by molar-refractivity contribution is 9.10. The molecule has 130 valence electrons. The topological polar surface area (TPSA) is 69.7 Å². The van der Waals surface area contributed by atoms with Gasteiger partial charge in [0.15, 0.2) is 0 Å². The number of rotatable bonds is 8. The molecule has 23 heavy (non-hydrogen) atoms. The van der Waals surface area contributed by atoms with Crippen molar-refractivity contribution in [3.8, 4) is 0 Å². The van der Waals surface area contributed by atoms with Gasteiger partial charge in [-0.2, -0.15) is 4.31 Å². The van der Waals surface area contributed by atoms with Crippen LogP contribution in [0.2, 0.25) is 0 Å². The molecule has 1 aromatic carbocycles. The average molecular weight is 406 g/mol. The number of nitrogens with one attached hydrogen (secondary N) is 1. The monoisotopic (exact) mass is 405 g/mol. The lowest BCUT2D eigenvalue weighted by Gasteiger charge is -2.19. The molecular formula is C15H24BrN3O3S. The second kappa shape index (κ2) is 8.77. The molecule has 0 spiro atoms. The summed E-state index contributed by atoms with van der Waals surface area (Å²) in [4.78, 5) is 14.1. The van der Waals surface area contributed by atoms with Gasteiger partial charge >= 0.3 is 0 Å². The van der Waals surface area contributed by atoms with Crippen molar-refractivity contribution >= 4 is 31.9 Å². The number of hydrogen-bond acceptors (Lipinski definition) is 4. The zero-order chi connectivity index (χ0) is 17.6. The highest BCUT2D eigenvalue weighted by atomic mass is 79.9. The second-order valence-corrected chi connectivity index (χ2v) is 8.85. The largest absolute Gasteiger partial charge is 0.355 e. The van der Waals surface area contributed by atoms with Crippen molar-refractivity contribution in [3.05, 3.63) is 28.7 Å². The van der Waals surface area contributed by atoms with Gasteiger partial charge < -0.3 is 10.2 Å². The molecule has 0 radical (unpaired) electrons. The lowest BCUT2D eigenvalue weighted by molar-refractivity contribution is -0.121. The van der Waals surface area contributed by atoms with Gasteiger partial charge in [-0.15, -0.1) is 0 Å². The first kappa shape index (κ1) is 20.1. The number of halogens is 1. The molecule has 0 aliphatic rings. The summed E-state index contributed by atoms with van der Waals surface area (Å²) in [6.45, 7) is 3.20. The predicted molar refractivity (Wildman–Crippen MR) is 94.7 cm³/mol. The fraction of sp³-hybridized carbons (Fsp3) is 0.533. The quantitative estimate of drug-likeness (QED) is 0.709. The molecule has 1 atom stereocenters. The minimum atomic E-state index is -3.66. The molecule has 0 aliphatic carbocycles. The fourth-order valence-corrected chi connectivity index (χ4v) is 3.50. The maximum Gasteiger partial charge on any atom is 0.243 e. The van der Waals surface area contributed by atoms with Crippen molar-refractivity contribution in [2.24, 2.45) is 5.92 Å². The molecule has 1 unspecified atom stereocenters.